The SMILES string of the molecule is COc1ccccc1-c1ccc(N[C@H]2C[C@@H]3CN(CC4CCOCC4)C[C@]3(C)C2)nn1. The van der Waals surface area contributed by atoms with Crippen LogP contribution in [0.1, 0.15) is 32.6 Å². The number of hydrogen-bond donors (Lipinski definition) is 1. The van der Waals surface area contributed by atoms with Gasteiger partial charge >= 0.3 is 0 Å². The van der Waals surface area contributed by atoms with Gasteiger partial charge in [-0.2, -0.15) is 0 Å². The van der Waals surface area contributed by atoms with Crippen molar-refractivity contribution in [3.05, 3.63) is 36.4 Å². The second kappa shape index (κ2) is 8.75. The van der Waals surface area contributed by atoms with Crippen LogP contribution in [0.3, 0.4) is 0 Å². The summed E-state index contributed by atoms with van der Waals surface area (Å²) in [5.41, 5.74) is 2.21. The van der Waals surface area contributed by atoms with Gasteiger partial charge in [0.1, 0.15) is 11.6 Å². The number of rotatable bonds is 6. The number of anilines is 1. The minimum absolute atomic E-state index is 0.410. The highest BCUT2D eigenvalue weighted by atomic mass is 16.5. The van der Waals surface area contributed by atoms with Gasteiger partial charge in [0.15, 0.2) is 0 Å². The molecule has 1 N–H and O–H groups in total. The maximum atomic E-state index is 5.53. The molecular formula is C25H34N4O2. The van der Waals surface area contributed by atoms with E-state index in [2.05, 4.69) is 27.3 Å². The number of nitrogens with zero attached hydrogens (tertiary/aromatic N) is 3. The largest absolute Gasteiger partial charge is 0.496 e. The zero-order valence-corrected chi connectivity index (χ0v) is 18.7. The number of methoxy groups -OCH3 is 1. The van der Waals surface area contributed by atoms with Gasteiger partial charge in [-0.1, -0.05) is 19.1 Å². The van der Waals surface area contributed by atoms with Crippen molar-refractivity contribution in [2.24, 2.45) is 17.3 Å². The van der Waals surface area contributed by atoms with Crippen LogP contribution < -0.4 is 10.1 Å². The fourth-order valence-corrected chi connectivity index (χ4v) is 5.98. The molecule has 3 fully saturated rings. The van der Waals surface area contributed by atoms with Crippen LogP contribution in [-0.2, 0) is 4.74 Å². The highest BCUT2D eigenvalue weighted by molar-refractivity contribution is 5.67. The van der Waals surface area contributed by atoms with Gasteiger partial charge in [0.05, 0.1) is 12.8 Å². The van der Waals surface area contributed by atoms with Crippen molar-refractivity contribution in [3.8, 4) is 17.0 Å². The first-order chi connectivity index (χ1) is 15.1. The van der Waals surface area contributed by atoms with Crippen LogP contribution in [0.25, 0.3) is 11.3 Å². The number of benzene rings is 1. The van der Waals surface area contributed by atoms with Gasteiger partial charge in [-0.3, -0.25) is 0 Å². The lowest BCUT2D eigenvalue weighted by atomic mass is 9.83. The van der Waals surface area contributed by atoms with Crippen LogP contribution in [-0.4, -0.2) is 61.1 Å². The maximum Gasteiger partial charge on any atom is 0.148 e. The molecule has 1 saturated carbocycles. The van der Waals surface area contributed by atoms with Crippen LogP contribution in [0.4, 0.5) is 5.82 Å². The lowest BCUT2D eigenvalue weighted by molar-refractivity contribution is 0.0539. The summed E-state index contributed by atoms with van der Waals surface area (Å²) in [6, 6.07) is 12.5. The van der Waals surface area contributed by atoms with Crippen molar-refractivity contribution in [2.45, 2.75) is 38.6 Å². The Morgan fingerprint density at radius 1 is 1.16 bits per heavy atom. The lowest BCUT2D eigenvalue weighted by Gasteiger charge is -2.29. The van der Waals surface area contributed by atoms with E-state index >= 15 is 0 Å². The van der Waals surface area contributed by atoms with Gasteiger partial charge < -0.3 is 19.7 Å². The molecule has 1 aliphatic carbocycles. The van der Waals surface area contributed by atoms with Crippen LogP contribution in [0.5, 0.6) is 5.75 Å². The molecule has 2 aliphatic heterocycles. The van der Waals surface area contributed by atoms with E-state index in [9.17, 15) is 0 Å². The third kappa shape index (κ3) is 4.41. The molecule has 2 saturated heterocycles. The number of aromatic nitrogens is 2. The molecule has 6 heteroatoms. The van der Waals surface area contributed by atoms with Crippen LogP contribution in [0.15, 0.2) is 36.4 Å². The molecule has 0 spiro atoms. The average Bonchev–Trinajstić information content (AvgIpc) is 3.25. The van der Waals surface area contributed by atoms with Crippen molar-refractivity contribution in [1.29, 1.82) is 0 Å². The predicted octanol–water partition coefficient (Wildman–Crippen LogP) is 4.09. The average molecular weight is 423 g/mol. The Bertz CT molecular complexity index is 883. The summed E-state index contributed by atoms with van der Waals surface area (Å²) >= 11 is 0. The van der Waals surface area contributed by atoms with E-state index in [0.29, 0.717) is 11.5 Å². The molecule has 1 aromatic heterocycles. The van der Waals surface area contributed by atoms with Crippen LogP contribution in [0, 0.1) is 17.3 Å². The Labute approximate surface area is 185 Å². The minimum Gasteiger partial charge on any atom is -0.496 e. The second-order valence-electron chi connectivity index (χ2n) is 9.89. The van der Waals surface area contributed by atoms with Crippen molar-refractivity contribution >= 4 is 5.82 Å². The van der Waals surface area contributed by atoms with E-state index in [0.717, 1.165) is 47.9 Å². The molecule has 0 bridgehead atoms. The molecule has 6 nitrogen and oxygen atoms in total. The Balaban J connectivity index is 1.17. The smallest absolute Gasteiger partial charge is 0.148 e. The second-order valence-corrected chi connectivity index (χ2v) is 9.89. The van der Waals surface area contributed by atoms with Gasteiger partial charge in [0, 0.05) is 44.5 Å². The third-order valence-electron chi connectivity index (χ3n) is 7.59. The predicted molar refractivity (Wildman–Crippen MR) is 122 cm³/mol. The van der Waals surface area contributed by atoms with E-state index in [4.69, 9.17) is 9.47 Å². The number of para-hydroxylation sites is 1. The molecule has 3 atom stereocenters. The molecule has 0 radical (unpaired) electrons. The van der Waals surface area contributed by atoms with Crippen molar-refractivity contribution in [1.82, 2.24) is 15.1 Å². The molecule has 1 aromatic carbocycles. The fraction of sp³-hybridized carbons (Fsp3) is 0.600. The summed E-state index contributed by atoms with van der Waals surface area (Å²) < 4.78 is 11.0. The zero-order valence-electron chi connectivity index (χ0n) is 18.7. The third-order valence-corrected chi connectivity index (χ3v) is 7.59. The molecule has 0 amide bonds. The van der Waals surface area contributed by atoms with E-state index in [1.807, 2.05) is 36.4 Å². The Hall–Kier alpha value is -2.18. The molecule has 3 aliphatic rings. The fourth-order valence-electron chi connectivity index (χ4n) is 5.98. The van der Waals surface area contributed by atoms with Gasteiger partial charge in [-0.15, -0.1) is 10.2 Å². The van der Waals surface area contributed by atoms with Gasteiger partial charge in [-0.05, 0) is 67.2 Å². The van der Waals surface area contributed by atoms with E-state index in [1.54, 1.807) is 7.11 Å². The van der Waals surface area contributed by atoms with E-state index < -0.39 is 0 Å². The molecule has 0 unspecified atom stereocenters. The first kappa shape index (κ1) is 20.7. The molecule has 3 heterocycles. The monoisotopic (exact) mass is 422 g/mol. The summed E-state index contributed by atoms with van der Waals surface area (Å²) in [5.74, 6) is 3.28. The topological polar surface area (TPSA) is 59.5 Å². The summed E-state index contributed by atoms with van der Waals surface area (Å²) in [6.07, 6.45) is 4.88. The molecule has 2 aromatic rings. The molecule has 166 valence electrons. The molecule has 31 heavy (non-hydrogen) atoms. The van der Waals surface area contributed by atoms with Crippen LogP contribution >= 0.6 is 0 Å². The summed E-state index contributed by atoms with van der Waals surface area (Å²) in [7, 11) is 1.68. The summed E-state index contributed by atoms with van der Waals surface area (Å²) in [5, 5.41) is 12.6. The van der Waals surface area contributed by atoms with Crippen molar-refractivity contribution in [2.75, 3.05) is 45.3 Å². The summed E-state index contributed by atoms with van der Waals surface area (Å²) in [6.45, 7) is 8.10. The number of fused-ring (bicyclic) bond motifs is 1. The normalized spacial score (nSPS) is 29.1. The molecule has 5 rings (SSSR count). The first-order valence-corrected chi connectivity index (χ1v) is 11.7. The highest BCUT2D eigenvalue weighted by Gasteiger charge is 2.49. The number of likely N-dealkylation sites (tertiary alicyclic amines) is 1. The van der Waals surface area contributed by atoms with E-state index in [-0.39, 0.29) is 0 Å². The number of ether oxygens (including phenoxy) is 2. The zero-order chi connectivity index (χ0) is 21.3. The van der Waals surface area contributed by atoms with Gasteiger partial charge in [-0.25, -0.2) is 0 Å². The molecular weight excluding hydrogens is 388 g/mol. The quantitative estimate of drug-likeness (QED) is 0.757. The Morgan fingerprint density at radius 2 is 2.00 bits per heavy atom. The van der Waals surface area contributed by atoms with Gasteiger partial charge in [0.2, 0.25) is 0 Å². The lowest BCUT2D eigenvalue weighted by Crippen LogP contribution is -2.33. The Morgan fingerprint density at radius 3 is 2.74 bits per heavy atom. The van der Waals surface area contributed by atoms with Crippen molar-refractivity contribution < 1.29 is 9.47 Å². The standard InChI is InChI=1S/C25H34N4O2/c1-25-14-20(13-19(25)16-29(17-25)15-18-9-11-31-12-10-18)26-24-8-7-22(27-28-24)21-5-3-4-6-23(21)30-2/h3-8,18-20H,9-17H2,1-2H3,(H,26,28)/t19-,20+,25+/m1/s1. The first-order valence-electron chi connectivity index (χ1n) is 11.7. The number of nitrogens with one attached hydrogen (secondary N) is 1. The maximum absolute atomic E-state index is 5.53. The van der Waals surface area contributed by atoms with Crippen LogP contribution in [0.2, 0.25) is 0 Å². The van der Waals surface area contributed by atoms with Gasteiger partial charge in [0.25, 0.3) is 0 Å². The van der Waals surface area contributed by atoms with E-state index in [1.165, 1.54) is 45.3 Å². The minimum atomic E-state index is 0.410. The highest BCUT2D eigenvalue weighted by Crippen LogP contribution is 2.49. The summed E-state index contributed by atoms with van der Waals surface area (Å²) in [4.78, 5) is 2.72. The van der Waals surface area contributed by atoms with Crippen molar-refractivity contribution in [3.63, 3.8) is 0 Å². The Kier molecular flexibility index (Phi) is 5.85. The number of hydrogen-bond acceptors (Lipinski definition) is 6.